The Hall–Kier alpha value is -1.26. The summed E-state index contributed by atoms with van der Waals surface area (Å²) in [6.45, 7) is 7.80. The fourth-order valence-corrected chi connectivity index (χ4v) is 2.93. The molecule has 0 saturated heterocycles. The van der Waals surface area contributed by atoms with E-state index in [-0.39, 0.29) is 30.5 Å². The Bertz CT molecular complexity index is 530. The van der Waals surface area contributed by atoms with E-state index in [1.54, 1.807) is 0 Å². The van der Waals surface area contributed by atoms with Gasteiger partial charge in [-0.05, 0) is 58.1 Å². The molecule has 4 nitrogen and oxygen atoms in total. The molecule has 0 fully saturated rings. The van der Waals surface area contributed by atoms with E-state index in [0.29, 0.717) is 6.42 Å². The number of fused-ring (bicyclic) bond motifs is 1. The minimum absolute atomic E-state index is 0.0933. The quantitative estimate of drug-likeness (QED) is 0.796. The summed E-state index contributed by atoms with van der Waals surface area (Å²) < 4.78 is 6.14. The molecular formula is C17H26O4. The van der Waals surface area contributed by atoms with Gasteiger partial charge in [0.1, 0.15) is 17.1 Å². The van der Waals surface area contributed by atoms with Gasteiger partial charge in [-0.3, -0.25) is 0 Å². The molecule has 0 unspecified atom stereocenters. The maximum Gasteiger partial charge on any atom is 0.127 e. The summed E-state index contributed by atoms with van der Waals surface area (Å²) in [4.78, 5) is 0. The SMILES string of the molecule is Cc1c(C)c2c(c(CC(CO)CO)c1O)CCC(C)(C)O2. The first-order valence-electron chi connectivity index (χ1n) is 7.55. The van der Waals surface area contributed by atoms with Gasteiger partial charge in [0, 0.05) is 30.3 Å². The van der Waals surface area contributed by atoms with Crippen LogP contribution in [0.1, 0.15) is 42.5 Å². The lowest BCUT2D eigenvalue weighted by Crippen LogP contribution is -2.34. The van der Waals surface area contributed by atoms with E-state index < -0.39 is 0 Å². The standard InChI is InChI=1S/C17H26O4/c1-10-11(2)16-13(5-6-17(3,4)21-16)14(15(10)20)7-12(8-18)9-19/h12,18-20H,5-9H2,1-4H3. The Labute approximate surface area is 126 Å². The summed E-state index contributed by atoms with van der Waals surface area (Å²) in [6, 6.07) is 0. The third-order valence-electron chi connectivity index (χ3n) is 4.55. The molecule has 4 heteroatoms. The van der Waals surface area contributed by atoms with Gasteiger partial charge in [-0.15, -0.1) is 0 Å². The summed E-state index contributed by atoms with van der Waals surface area (Å²) >= 11 is 0. The van der Waals surface area contributed by atoms with Crippen LogP contribution in [0.4, 0.5) is 0 Å². The largest absolute Gasteiger partial charge is 0.507 e. The zero-order valence-electron chi connectivity index (χ0n) is 13.4. The van der Waals surface area contributed by atoms with Gasteiger partial charge in [-0.2, -0.15) is 0 Å². The molecule has 3 N–H and O–H groups in total. The Kier molecular flexibility index (Phi) is 4.49. The van der Waals surface area contributed by atoms with Gasteiger partial charge < -0.3 is 20.1 Å². The van der Waals surface area contributed by atoms with Gasteiger partial charge in [-0.1, -0.05) is 0 Å². The van der Waals surface area contributed by atoms with Crippen LogP contribution in [0.5, 0.6) is 11.5 Å². The van der Waals surface area contributed by atoms with Crippen LogP contribution in [0.25, 0.3) is 0 Å². The maximum atomic E-state index is 10.5. The second-order valence-corrected chi connectivity index (χ2v) is 6.68. The first kappa shape index (κ1) is 16.1. The second kappa shape index (κ2) is 5.85. The Morgan fingerprint density at radius 1 is 1.14 bits per heavy atom. The minimum atomic E-state index is -0.253. The van der Waals surface area contributed by atoms with Gasteiger partial charge in [0.15, 0.2) is 0 Å². The number of ether oxygens (including phenoxy) is 1. The van der Waals surface area contributed by atoms with E-state index >= 15 is 0 Å². The number of benzene rings is 1. The number of phenols is 1. The van der Waals surface area contributed by atoms with Crippen molar-refractivity contribution in [2.75, 3.05) is 13.2 Å². The van der Waals surface area contributed by atoms with Crippen molar-refractivity contribution < 1.29 is 20.1 Å². The molecule has 0 saturated carbocycles. The average molecular weight is 294 g/mol. The zero-order valence-corrected chi connectivity index (χ0v) is 13.4. The summed E-state index contributed by atoms with van der Waals surface area (Å²) in [5.41, 5.74) is 3.43. The topological polar surface area (TPSA) is 69.9 Å². The van der Waals surface area contributed by atoms with Crippen LogP contribution in [0.2, 0.25) is 0 Å². The number of rotatable bonds is 4. The monoisotopic (exact) mass is 294 g/mol. The smallest absolute Gasteiger partial charge is 0.127 e. The van der Waals surface area contributed by atoms with Gasteiger partial charge in [-0.25, -0.2) is 0 Å². The first-order chi connectivity index (χ1) is 9.80. The fourth-order valence-electron chi connectivity index (χ4n) is 2.93. The molecule has 0 bridgehead atoms. The Morgan fingerprint density at radius 2 is 1.76 bits per heavy atom. The molecule has 0 aromatic heterocycles. The molecular weight excluding hydrogens is 268 g/mol. The van der Waals surface area contributed by atoms with E-state index in [4.69, 9.17) is 4.74 Å². The second-order valence-electron chi connectivity index (χ2n) is 6.68. The highest BCUT2D eigenvalue weighted by molar-refractivity contribution is 5.59. The summed E-state index contributed by atoms with van der Waals surface area (Å²) in [5.74, 6) is 0.893. The predicted octanol–water partition coefficient (Wildman–Crippen LogP) is 2.26. The van der Waals surface area contributed by atoms with Gasteiger partial charge >= 0.3 is 0 Å². The number of hydrogen-bond donors (Lipinski definition) is 3. The molecule has 0 amide bonds. The molecule has 1 aromatic rings. The predicted molar refractivity (Wildman–Crippen MR) is 82.0 cm³/mol. The highest BCUT2D eigenvalue weighted by Gasteiger charge is 2.32. The lowest BCUT2D eigenvalue weighted by Gasteiger charge is -2.36. The van der Waals surface area contributed by atoms with Crippen molar-refractivity contribution in [3.8, 4) is 11.5 Å². The van der Waals surface area contributed by atoms with Crippen molar-refractivity contribution in [1.29, 1.82) is 0 Å². The van der Waals surface area contributed by atoms with E-state index in [1.165, 1.54) is 0 Å². The lowest BCUT2D eigenvalue weighted by atomic mass is 9.84. The Balaban J connectivity index is 2.53. The lowest BCUT2D eigenvalue weighted by molar-refractivity contribution is 0.0825. The van der Waals surface area contributed by atoms with Crippen LogP contribution < -0.4 is 4.74 Å². The van der Waals surface area contributed by atoms with Crippen LogP contribution >= 0.6 is 0 Å². The summed E-state index contributed by atoms with van der Waals surface area (Å²) in [5, 5.41) is 29.1. The molecule has 21 heavy (non-hydrogen) atoms. The molecule has 0 atom stereocenters. The normalized spacial score (nSPS) is 16.7. The molecule has 0 radical (unpaired) electrons. The van der Waals surface area contributed by atoms with Crippen molar-refractivity contribution in [3.63, 3.8) is 0 Å². The van der Waals surface area contributed by atoms with E-state index in [1.807, 2.05) is 13.8 Å². The van der Waals surface area contributed by atoms with Crippen LogP contribution in [0, 0.1) is 19.8 Å². The van der Waals surface area contributed by atoms with Crippen molar-refractivity contribution in [2.24, 2.45) is 5.92 Å². The number of aliphatic hydroxyl groups excluding tert-OH is 2. The molecule has 1 aliphatic rings. The number of phenolic OH excluding ortho intramolecular Hbond substituents is 1. The molecule has 0 spiro atoms. The number of aliphatic hydroxyl groups is 2. The molecule has 118 valence electrons. The highest BCUT2D eigenvalue weighted by Crippen LogP contribution is 2.44. The number of hydrogen-bond acceptors (Lipinski definition) is 4. The molecule has 1 aromatic carbocycles. The van der Waals surface area contributed by atoms with Crippen LogP contribution in [-0.2, 0) is 12.8 Å². The van der Waals surface area contributed by atoms with Crippen LogP contribution in [-0.4, -0.2) is 34.1 Å². The molecule has 1 heterocycles. The van der Waals surface area contributed by atoms with E-state index in [2.05, 4.69) is 13.8 Å². The van der Waals surface area contributed by atoms with Crippen molar-refractivity contribution in [2.45, 2.75) is 52.6 Å². The van der Waals surface area contributed by atoms with Crippen LogP contribution in [0.15, 0.2) is 0 Å². The van der Waals surface area contributed by atoms with Crippen molar-refractivity contribution in [1.82, 2.24) is 0 Å². The number of aromatic hydroxyl groups is 1. The first-order valence-corrected chi connectivity index (χ1v) is 7.55. The van der Waals surface area contributed by atoms with Gasteiger partial charge in [0.2, 0.25) is 0 Å². The molecule has 2 rings (SSSR count). The van der Waals surface area contributed by atoms with Crippen molar-refractivity contribution >= 4 is 0 Å². The highest BCUT2D eigenvalue weighted by atomic mass is 16.5. The van der Waals surface area contributed by atoms with Crippen molar-refractivity contribution in [3.05, 3.63) is 22.3 Å². The average Bonchev–Trinajstić information content (AvgIpc) is 2.45. The maximum absolute atomic E-state index is 10.5. The van der Waals surface area contributed by atoms with E-state index in [0.717, 1.165) is 40.8 Å². The zero-order chi connectivity index (χ0) is 15.8. The Morgan fingerprint density at radius 3 is 2.33 bits per heavy atom. The fraction of sp³-hybridized carbons (Fsp3) is 0.647. The van der Waals surface area contributed by atoms with Gasteiger partial charge in [0.05, 0.1) is 0 Å². The summed E-state index contributed by atoms with van der Waals surface area (Å²) in [7, 11) is 0. The third kappa shape index (κ3) is 3.01. The van der Waals surface area contributed by atoms with Gasteiger partial charge in [0.25, 0.3) is 0 Å². The molecule has 0 aliphatic carbocycles. The van der Waals surface area contributed by atoms with Crippen LogP contribution in [0.3, 0.4) is 0 Å². The van der Waals surface area contributed by atoms with E-state index in [9.17, 15) is 15.3 Å². The molecule has 1 aliphatic heterocycles. The summed E-state index contributed by atoms with van der Waals surface area (Å²) in [6.07, 6.45) is 2.19. The minimum Gasteiger partial charge on any atom is -0.507 e. The third-order valence-corrected chi connectivity index (χ3v) is 4.55.